The third kappa shape index (κ3) is 6.44. The second-order valence-corrected chi connectivity index (χ2v) is 8.58. The van der Waals surface area contributed by atoms with Gasteiger partial charge in [0.05, 0.1) is 12.6 Å². The average molecular weight is 490 g/mol. The molecule has 1 aromatic heterocycles. The number of carbonyl (C=O) groups is 1. The summed E-state index contributed by atoms with van der Waals surface area (Å²) in [6, 6.07) is 33.4. The van der Waals surface area contributed by atoms with Gasteiger partial charge in [-0.15, -0.1) is 0 Å². The van der Waals surface area contributed by atoms with E-state index in [-0.39, 0.29) is 12.3 Å². The van der Waals surface area contributed by atoms with Crippen LogP contribution in [0.1, 0.15) is 22.3 Å². The molecule has 2 N–H and O–H groups in total. The average Bonchev–Trinajstić information content (AvgIpc) is 3.35. The maximum absolute atomic E-state index is 12.5. The molecule has 0 spiro atoms. The zero-order valence-electron chi connectivity index (χ0n) is 20.3. The van der Waals surface area contributed by atoms with Crippen molar-refractivity contribution in [3.05, 3.63) is 132 Å². The molecule has 0 saturated heterocycles. The summed E-state index contributed by atoms with van der Waals surface area (Å²) in [6.07, 6.45) is 3.70. The first kappa shape index (κ1) is 23.9. The molecule has 1 amide bonds. The molecule has 0 aliphatic heterocycles. The monoisotopic (exact) mass is 489 g/mol. The van der Waals surface area contributed by atoms with Gasteiger partial charge in [-0.2, -0.15) is 5.10 Å². The molecule has 6 nitrogen and oxygen atoms in total. The molecule has 0 aliphatic rings. The van der Waals surface area contributed by atoms with E-state index in [0.717, 1.165) is 33.2 Å². The molecular weight excluding hydrogens is 462 g/mol. The van der Waals surface area contributed by atoms with Gasteiger partial charge in [-0.1, -0.05) is 78.9 Å². The van der Waals surface area contributed by atoms with Crippen LogP contribution in [-0.4, -0.2) is 17.1 Å². The van der Waals surface area contributed by atoms with Crippen LogP contribution >= 0.6 is 0 Å². The number of rotatable bonds is 10. The minimum Gasteiger partial charge on any atom is -0.485 e. The van der Waals surface area contributed by atoms with Gasteiger partial charge in [0.1, 0.15) is 13.2 Å². The van der Waals surface area contributed by atoms with E-state index < -0.39 is 0 Å². The molecule has 0 radical (unpaired) electrons. The zero-order valence-corrected chi connectivity index (χ0v) is 20.3. The molecule has 5 rings (SSSR count). The Hall–Kier alpha value is -4.84. The lowest BCUT2D eigenvalue weighted by atomic mass is 10.1. The quantitative estimate of drug-likeness (QED) is 0.186. The van der Waals surface area contributed by atoms with E-state index in [9.17, 15) is 4.79 Å². The van der Waals surface area contributed by atoms with Gasteiger partial charge >= 0.3 is 0 Å². The lowest BCUT2D eigenvalue weighted by Crippen LogP contribution is -2.19. The standard InChI is InChI=1S/C31H27N3O3/c35-31(18-26-20-32-28-14-8-7-13-27(26)28)34-33-19-25-15-16-29(36-21-23-9-3-1-4-10-23)30(17-25)37-22-24-11-5-2-6-12-24/h1-17,19-20,32H,18,21-22H2,(H,34,35). The number of para-hydroxylation sites is 1. The van der Waals surface area contributed by atoms with Crippen LogP contribution in [0, 0.1) is 0 Å². The number of ether oxygens (including phenoxy) is 2. The molecule has 0 fully saturated rings. The number of fused-ring (bicyclic) bond motifs is 1. The summed E-state index contributed by atoms with van der Waals surface area (Å²) in [5.74, 6) is 1.05. The SMILES string of the molecule is O=C(Cc1c[nH]c2ccccc12)NN=Cc1ccc(OCc2ccccc2)c(OCc2ccccc2)c1. The number of amides is 1. The minimum atomic E-state index is -0.190. The van der Waals surface area contributed by atoms with Crippen molar-refractivity contribution in [1.29, 1.82) is 0 Å². The third-order valence-electron chi connectivity index (χ3n) is 5.87. The van der Waals surface area contributed by atoms with Crippen LogP contribution in [0.2, 0.25) is 0 Å². The molecular formula is C31H27N3O3. The Bertz CT molecular complexity index is 1490. The van der Waals surface area contributed by atoms with Gasteiger partial charge in [0, 0.05) is 17.1 Å². The highest BCUT2D eigenvalue weighted by Gasteiger charge is 2.09. The van der Waals surface area contributed by atoms with E-state index in [0.29, 0.717) is 24.7 Å². The number of hydrogen-bond acceptors (Lipinski definition) is 4. The van der Waals surface area contributed by atoms with Crippen LogP contribution in [0.5, 0.6) is 11.5 Å². The van der Waals surface area contributed by atoms with E-state index in [1.165, 1.54) is 0 Å². The van der Waals surface area contributed by atoms with Crippen molar-refractivity contribution in [1.82, 2.24) is 10.4 Å². The van der Waals surface area contributed by atoms with Crippen LogP contribution in [0.4, 0.5) is 0 Å². The van der Waals surface area contributed by atoms with Crippen LogP contribution in [-0.2, 0) is 24.4 Å². The maximum Gasteiger partial charge on any atom is 0.244 e. The van der Waals surface area contributed by atoms with Crippen molar-refractivity contribution in [2.75, 3.05) is 0 Å². The van der Waals surface area contributed by atoms with Crippen molar-refractivity contribution < 1.29 is 14.3 Å². The van der Waals surface area contributed by atoms with Crippen LogP contribution in [0.25, 0.3) is 10.9 Å². The Morgan fingerprint density at radius 1 is 0.784 bits per heavy atom. The summed E-state index contributed by atoms with van der Waals surface area (Å²) in [6.45, 7) is 0.838. The first-order valence-corrected chi connectivity index (χ1v) is 12.1. The molecule has 184 valence electrons. The molecule has 6 heteroatoms. The number of hydrogen-bond donors (Lipinski definition) is 2. The van der Waals surface area contributed by atoms with Crippen LogP contribution in [0.3, 0.4) is 0 Å². The summed E-state index contributed by atoms with van der Waals surface area (Å²) < 4.78 is 12.2. The summed E-state index contributed by atoms with van der Waals surface area (Å²) in [7, 11) is 0. The number of hydrazone groups is 1. The second-order valence-electron chi connectivity index (χ2n) is 8.58. The molecule has 0 saturated carbocycles. The normalized spacial score (nSPS) is 11.0. The smallest absolute Gasteiger partial charge is 0.244 e. The maximum atomic E-state index is 12.5. The Morgan fingerprint density at radius 3 is 2.16 bits per heavy atom. The van der Waals surface area contributed by atoms with Gasteiger partial charge in [-0.25, -0.2) is 5.43 Å². The summed E-state index contributed by atoms with van der Waals surface area (Å²) in [5.41, 5.74) is 7.46. The van der Waals surface area contributed by atoms with Crippen molar-refractivity contribution in [3.8, 4) is 11.5 Å². The number of aromatic amines is 1. The largest absolute Gasteiger partial charge is 0.485 e. The fraction of sp³-hybridized carbons (Fsp3) is 0.0968. The van der Waals surface area contributed by atoms with Gasteiger partial charge in [-0.05, 0) is 46.5 Å². The minimum absolute atomic E-state index is 0.190. The molecule has 1 heterocycles. The summed E-state index contributed by atoms with van der Waals surface area (Å²) >= 11 is 0. The Balaban J connectivity index is 1.25. The van der Waals surface area contributed by atoms with E-state index >= 15 is 0 Å². The molecule has 0 bridgehead atoms. The van der Waals surface area contributed by atoms with Gasteiger partial charge in [0.25, 0.3) is 0 Å². The summed E-state index contributed by atoms with van der Waals surface area (Å²) in [5, 5.41) is 5.19. The van der Waals surface area contributed by atoms with E-state index in [1.807, 2.05) is 109 Å². The van der Waals surface area contributed by atoms with Gasteiger partial charge in [-0.3, -0.25) is 4.79 Å². The Morgan fingerprint density at radius 2 is 1.43 bits per heavy atom. The molecule has 5 aromatic rings. The van der Waals surface area contributed by atoms with E-state index in [4.69, 9.17) is 9.47 Å². The zero-order chi connectivity index (χ0) is 25.3. The highest BCUT2D eigenvalue weighted by molar-refractivity contribution is 5.89. The first-order valence-electron chi connectivity index (χ1n) is 12.1. The van der Waals surface area contributed by atoms with Crippen LogP contribution in [0.15, 0.2) is 114 Å². The van der Waals surface area contributed by atoms with Gasteiger partial charge in [0.2, 0.25) is 5.91 Å². The van der Waals surface area contributed by atoms with E-state index in [2.05, 4.69) is 15.5 Å². The van der Waals surface area contributed by atoms with Crippen molar-refractivity contribution in [3.63, 3.8) is 0 Å². The molecule has 0 unspecified atom stereocenters. The number of benzene rings is 4. The van der Waals surface area contributed by atoms with Crippen molar-refractivity contribution in [2.24, 2.45) is 5.10 Å². The van der Waals surface area contributed by atoms with Crippen molar-refractivity contribution in [2.45, 2.75) is 19.6 Å². The highest BCUT2D eigenvalue weighted by Crippen LogP contribution is 2.30. The number of aromatic nitrogens is 1. The van der Waals surface area contributed by atoms with Gasteiger partial charge in [0.15, 0.2) is 11.5 Å². The highest BCUT2D eigenvalue weighted by atomic mass is 16.5. The van der Waals surface area contributed by atoms with E-state index in [1.54, 1.807) is 6.21 Å². The van der Waals surface area contributed by atoms with Gasteiger partial charge < -0.3 is 14.5 Å². The number of nitrogens with zero attached hydrogens (tertiary/aromatic N) is 1. The van der Waals surface area contributed by atoms with Crippen molar-refractivity contribution >= 4 is 23.0 Å². The Labute approximate surface area is 215 Å². The number of H-pyrrole nitrogens is 1. The lowest BCUT2D eigenvalue weighted by Gasteiger charge is -2.14. The molecule has 37 heavy (non-hydrogen) atoms. The molecule has 0 aliphatic carbocycles. The third-order valence-corrected chi connectivity index (χ3v) is 5.87. The number of nitrogens with one attached hydrogen (secondary N) is 2. The first-order chi connectivity index (χ1) is 18.2. The number of carbonyl (C=O) groups excluding carboxylic acids is 1. The van der Waals surface area contributed by atoms with Crippen LogP contribution < -0.4 is 14.9 Å². The summed E-state index contributed by atoms with van der Waals surface area (Å²) in [4.78, 5) is 15.6. The Kier molecular flexibility index (Phi) is 7.57. The molecule has 4 aromatic carbocycles. The lowest BCUT2D eigenvalue weighted by molar-refractivity contribution is -0.120. The second kappa shape index (κ2) is 11.7. The fourth-order valence-electron chi connectivity index (χ4n) is 3.98. The topological polar surface area (TPSA) is 75.7 Å². The predicted molar refractivity (Wildman–Crippen MR) is 146 cm³/mol. The molecule has 0 atom stereocenters. The predicted octanol–water partition coefficient (Wildman–Crippen LogP) is 6.02. The fourth-order valence-corrected chi connectivity index (χ4v) is 3.98.